The minimum absolute atomic E-state index is 0.0602. The van der Waals surface area contributed by atoms with Crippen LogP contribution in [0.4, 0.5) is 4.39 Å². The molecule has 0 saturated heterocycles. The topological polar surface area (TPSA) is 81.4 Å². The number of cyclic esters (lactones) is 1. The molecule has 1 atom stereocenters. The van der Waals surface area contributed by atoms with Gasteiger partial charge in [0.05, 0.1) is 29.0 Å². The number of aliphatic hydroxyl groups is 1. The first-order chi connectivity index (χ1) is 14.3. The van der Waals surface area contributed by atoms with Gasteiger partial charge >= 0.3 is 5.97 Å². The third-order valence-electron chi connectivity index (χ3n) is 6.23. The summed E-state index contributed by atoms with van der Waals surface area (Å²) in [6.07, 6.45) is 0.0666. The van der Waals surface area contributed by atoms with E-state index in [1.807, 2.05) is 0 Å². The molecule has 0 bridgehead atoms. The van der Waals surface area contributed by atoms with Crippen LogP contribution in [0.25, 0.3) is 22.3 Å². The van der Waals surface area contributed by atoms with Crippen molar-refractivity contribution in [1.82, 2.24) is 9.55 Å². The number of esters is 1. The molecule has 1 N–H and O–H groups in total. The molecular weight excluding hydrogens is 411 g/mol. The van der Waals surface area contributed by atoms with Crippen LogP contribution in [0.1, 0.15) is 41.2 Å². The average molecular weight is 429 g/mol. The van der Waals surface area contributed by atoms with Gasteiger partial charge in [0, 0.05) is 22.4 Å². The third kappa shape index (κ3) is 2.30. The Balaban J connectivity index is 1.85. The molecule has 0 aliphatic carbocycles. The first kappa shape index (κ1) is 19.2. The van der Waals surface area contributed by atoms with Crippen molar-refractivity contribution in [3.8, 4) is 11.4 Å². The molecule has 2 aliphatic rings. The van der Waals surface area contributed by atoms with Gasteiger partial charge in [-0.1, -0.05) is 13.0 Å². The summed E-state index contributed by atoms with van der Waals surface area (Å²) in [4.78, 5) is 30.1. The van der Waals surface area contributed by atoms with Gasteiger partial charge in [0.15, 0.2) is 5.60 Å². The largest absolute Gasteiger partial charge is 0.458 e. The van der Waals surface area contributed by atoms with E-state index >= 15 is 0 Å². The standard InChI is InChI=1S/C22H18ClFN2O4/c1-3-22(29)14-6-16-19-12(8-26(16)20(27)13(14)9-30-21(22)28)11(7-23)17-15(25-19)5-4-10(2)18(17)24/h4-6,29H,3,7-9H2,1-2H3/t22-/m0/s1. The van der Waals surface area contributed by atoms with E-state index in [-0.39, 0.29) is 48.0 Å². The molecule has 154 valence electrons. The molecule has 2 aromatic heterocycles. The molecule has 6 nitrogen and oxygen atoms in total. The van der Waals surface area contributed by atoms with Crippen LogP contribution in [0.5, 0.6) is 0 Å². The van der Waals surface area contributed by atoms with Crippen molar-refractivity contribution in [2.75, 3.05) is 0 Å². The van der Waals surface area contributed by atoms with Gasteiger partial charge in [-0.25, -0.2) is 14.2 Å². The van der Waals surface area contributed by atoms with Gasteiger partial charge in [-0.2, -0.15) is 0 Å². The second-order valence-corrected chi connectivity index (χ2v) is 8.01. The Kier molecular flexibility index (Phi) is 4.07. The number of hydrogen-bond acceptors (Lipinski definition) is 5. The van der Waals surface area contributed by atoms with E-state index in [1.165, 1.54) is 4.57 Å². The summed E-state index contributed by atoms with van der Waals surface area (Å²) in [7, 11) is 0. The number of benzene rings is 1. The molecule has 2 aliphatic heterocycles. The number of hydrogen-bond donors (Lipinski definition) is 1. The molecule has 5 rings (SSSR count). The van der Waals surface area contributed by atoms with E-state index in [0.29, 0.717) is 39.0 Å². The Hall–Kier alpha value is -2.77. The minimum atomic E-state index is -1.89. The zero-order valence-corrected chi connectivity index (χ0v) is 17.1. The van der Waals surface area contributed by atoms with Crippen molar-refractivity contribution in [3.05, 3.63) is 62.2 Å². The van der Waals surface area contributed by atoms with Crippen molar-refractivity contribution in [2.24, 2.45) is 0 Å². The SMILES string of the molecule is CC[C@@]1(O)C(=O)OCc2c1cc1n(c2=O)Cc2c-1nc1ccc(C)c(F)c1c2CCl. The summed E-state index contributed by atoms with van der Waals surface area (Å²) in [6, 6.07) is 5.01. The van der Waals surface area contributed by atoms with Crippen LogP contribution >= 0.6 is 11.6 Å². The van der Waals surface area contributed by atoms with Crippen LogP contribution in [0.3, 0.4) is 0 Å². The Morgan fingerprint density at radius 1 is 1.33 bits per heavy atom. The molecule has 0 saturated carbocycles. The maximum Gasteiger partial charge on any atom is 0.343 e. The van der Waals surface area contributed by atoms with Crippen LogP contribution < -0.4 is 5.56 Å². The summed E-state index contributed by atoms with van der Waals surface area (Å²) in [5, 5.41) is 11.3. The number of carbonyl (C=O) groups excluding carboxylic acids is 1. The van der Waals surface area contributed by atoms with Crippen molar-refractivity contribution >= 4 is 28.5 Å². The quantitative estimate of drug-likeness (QED) is 0.391. The minimum Gasteiger partial charge on any atom is -0.458 e. The Bertz CT molecular complexity index is 1330. The summed E-state index contributed by atoms with van der Waals surface area (Å²) in [5.41, 5.74) is 1.43. The van der Waals surface area contributed by atoms with Gasteiger partial charge in [0.25, 0.3) is 5.56 Å². The van der Waals surface area contributed by atoms with E-state index in [4.69, 9.17) is 16.3 Å². The van der Waals surface area contributed by atoms with Crippen molar-refractivity contribution in [3.63, 3.8) is 0 Å². The van der Waals surface area contributed by atoms with Crippen LogP contribution in [-0.4, -0.2) is 20.6 Å². The molecule has 0 amide bonds. The first-order valence-electron chi connectivity index (χ1n) is 9.65. The van der Waals surface area contributed by atoms with Gasteiger partial charge in [0.1, 0.15) is 12.4 Å². The van der Waals surface area contributed by atoms with Gasteiger partial charge in [0.2, 0.25) is 0 Å². The Morgan fingerprint density at radius 3 is 2.80 bits per heavy atom. The number of carbonyl (C=O) groups is 1. The highest BCUT2D eigenvalue weighted by molar-refractivity contribution is 6.18. The van der Waals surface area contributed by atoms with Crippen molar-refractivity contribution in [1.29, 1.82) is 0 Å². The van der Waals surface area contributed by atoms with Gasteiger partial charge in [-0.3, -0.25) is 4.79 Å². The smallest absolute Gasteiger partial charge is 0.343 e. The summed E-state index contributed by atoms with van der Waals surface area (Å²) in [6.45, 7) is 3.32. The van der Waals surface area contributed by atoms with Gasteiger partial charge < -0.3 is 14.4 Å². The molecule has 3 aromatic rings. The second-order valence-electron chi connectivity index (χ2n) is 7.74. The fraction of sp³-hybridized carbons (Fsp3) is 0.318. The van der Waals surface area contributed by atoms with E-state index in [2.05, 4.69) is 4.98 Å². The predicted molar refractivity (Wildman–Crippen MR) is 109 cm³/mol. The lowest BCUT2D eigenvalue weighted by molar-refractivity contribution is -0.172. The van der Waals surface area contributed by atoms with E-state index in [9.17, 15) is 19.1 Å². The van der Waals surface area contributed by atoms with Crippen LogP contribution in [-0.2, 0) is 34.2 Å². The molecule has 0 spiro atoms. The number of aryl methyl sites for hydroxylation is 1. The summed E-state index contributed by atoms with van der Waals surface area (Å²) >= 11 is 6.22. The van der Waals surface area contributed by atoms with Gasteiger partial charge in [-0.05, 0) is 36.6 Å². The van der Waals surface area contributed by atoms with Crippen molar-refractivity contribution in [2.45, 2.75) is 44.9 Å². The second kappa shape index (κ2) is 6.36. The van der Waals surface area contributed by atoms with Gasteiger partial charge in [-0.15, -0.1) is 11.6 Å². The molecule has 8 heteroatoms. The molecule has 30 heavy (non-hydrogen) atoms. The highest BCUT2D eigenvalue weighted by atomic mass is 35.5. The fourth-order valence-corrected chi connectivity index (χ4v) is 4.77. The summed E-state index contributed by atoms with van der Waals surface area (Å²) < 4.78 is 21.5. The highest BCUT2D eigenvalue weighted by Crippen LogP contribution is 2.41. The molecule has 0 unspecified atom stereocenters. The normalized spacial score (nSPS) is 19.4. The maximum atomic E-state index is 14.9. The van der Waals surface area contributed by atoms with E-state index in [1.54, 1.807) is 32.0 Å². The number of pyridine rings is 2. The maximum absolute atomic E-state index is 14.9. The van der Waals surface area contributed by atoms with Crippen LogP contribution in [0.15, 0.2) is 23.0 Å². The lowest BCUT2D eigenvalue weighted by atomic mass is 9.86. The van der Waals surface area contributed by atoms with E-state index in [0.717, 1.165) is 0 Å². The molecular formula is C22H18ClFN2O4. The Morgan fingerprint density at radius 2 is 2.10 bits per heavy atom. The number of halogens is 2. The highest BCUT2D eigenvalue weighted by Gasteiger charge is 2.45. The number of fused-ring (bicyclic) bond motifs is 5. The number of nitrogens with zero attached hydrogens (tertiary/aromatic N) is 2. The predicted octanol–water partition coefficient (Wildman–Crippen LogP) is 3.27. The fourth-order valence-electron chi connectivity index (χ4n) is 4.47. The molecule has 0 fully saturated rings. The van der Waals surface area contributed by atoms with Crippen LogP contribution in [0, 0.1) is 12.7 Å². The first-order valence-corrected chi connectivity index (χ1v) is 10.2. The van der Waals surface area contributed by atoms with Crippen LogP contribution in [0.2, 0.25) is 0 Å². The molecule has 0 radical (unpaired) electrons. The number of rotatable bonds is 2. The average Bonchev–Trinajstić information content (AvgIpc) is 3.11. The van der Waals surface area contributed by atoms with Crippen molar-refractivity contribution < 1.29 is 19.0 Å². The number of ether oxygens (including phenoxy) is 1. The molecule has 4 heterocycles. The lowest BCUT2D eigenvalue weighted by Gasteiger charge is -2.31. The lowest BCUT2D eigenvalue weighted by Crippen LogP contribution is -2.44. The van der Waals surface area contributed by atoms with E-state index < -0.39 is 11.6 Å². The Labute approximate surface area is 175 Å². The number of alkyl halides is 1. The zero-order chi connectivity index (χ0) is 21.4. The monoisotopic (exact) mass is 428 g/mol. The number of aromatic nitrogens is 2. The third-order valence-corrected chi connectivity index (χ3v) is 6.50. The zero-order valence-electron chi connectivity index (χ0n) is 16.4. The molecule has 1 aromatic carbocycles. The summed E-state index contributed by atoms with van der Waals surface area (Å²) in [5.74, 6) is -1.09.